The minimum absolute atomic E-state index is 0.197. The van der Waals surface area contributed by atoms with E-state index < -0.39 is 11.9 Å². The van der Waals surface area contributed by atoms with Gasteiger partial charge in [-0.05, 0) is 18.8 Å². The van der Waals surface area contributed by atoms with Crippen molar-refractivity contribution in [1.29, 1.82) is 0 Å². The van der Waals surface area contributed by atoms with Gasteiger partial charge in [0.1, 0.15) is 13.2 Å². The second-order valence-electron chi connectivity index (χ2n) is 8.71. The first-order chi connectivity index (χ1) is 14.6. The van der Waals surface area contributed by atoms with Crippen LogP contribution in [0.2, 0.25) is 0 Å². The lowest BCUT2D eigenvalue weighted by atomic mass is 10.0. The third-order valence-electron chi connectivity index (χ3n) is 5.16. The number of ether oxygens (including phenoxy) is 3. The normalized spacial score (nSPS) is 11.1. The maximum Gasteiger partial charge on any atom is 0.332 e. The molecule has 5 heteroatoms. The molecule has 0 spiro atoms. The fourth-order valence-corrected chi connectivity index (χ4v) is 3.19. The molecule has 0 rings (SSSR count). The van der Waals surface area contributed by atoms with Crippen LogP contribution in [0.4, 0.5) is 0 Å². The molecule has 0 unspecified atom stereocenters. The monoisotopic (exact) mass is 428 g/mol. The molecule has 0 fully saturated rings. The Bertz CT molecular complexity index is 395. The highest BCUT2D eigenvalue weighted by Crippen LogP contribution is 2.13. The van der Waals surface area contributed by atoms with E-state index >= 15 is 0 Å². The van der Waals surface area contributed by atoms with Gasteiger partial charge in [0.15, 0.2) is 0 Å². The van der Waals surface area contributed by atoms with Crippen LogP contribution >= 0.6 is 0 Å². The summed E-state index contributed by atoms with van der Waals surface area (Å²) in [4.78, 5) is 23.0. The van der Waals surface area contributed by atoms with E-state index in [1.54, 1.807) is 0 Å². The molecule has 0 aromatic heterocycles. The Kier molecular flexibility index (Phi) is 21.8. The van der Waals surface area contributed by atoms with Crippen molar-refractivity contribution in [2.75, 3.05) is 26.4 Å². The van der Waals surface area contributed by atoms with Crippen molar-refractivity contribution in [3.05, 3.63) is 0 Å². The van der Waals surface area contributed by atoms with Crippen LogP contribution in [0.15, 0.2) is 0 Å². The minimum atomic E-state index is -0.435. The summed E-state index contributed by atoms with van der Waals surface area (Å²) >= 11 is 0. The smallest absolute Gasteiger partial charge is 0.332 e. The molecular formula is C25H48O5. The number of hydrogen-bond acceptors (Lipinski definition) is 5. The predicted octanol–water partition coefficient (Wildman–Crippen LogP) is 6.62. The van der Waals surface area contributed by atoms with Gasteiger partial charge in [0, 0.05) is 0 Å². The van der Waals surface area contributed by atoms with Gasteiger partial charge in [0.2, 0.25) is 0 Å². The predicted molar refractivity (Wildman–Crippen MR) is 123 cm³/mol. The Morgan fingerprint density at radius 2 is 1.00 bits per heavy atom. The molecule has 0 aromatic rings. The third-order valence-corrected chi connectivity index (χ3v) is 5.16. The van der Waals surface area contributed by atoms with Crippen molar-refractivity contribution in [2.24, 2.45) is 5.92 Å². The summed E-state index contributed by atoms with van der Waals surface area (Å²) in [6.45, 7) is 6.82. The quantitative estimate of drug-likeness (QED) is 0.143. The molecule has 178 valence electrons. The highest BCUT2D eigenvalue weighted by molar-refractivity contribution is 5.73. The SMILES string of the molecule is CCCCCCCCCCCCCCCCOC(=O)COCC(=O)OCCC(C)C. The number of carbonyl (C=O) groups excluding carboxylic acids is 2. The molecule has 0 atom stereocenters. The van der Waals surface area contributed by atoms with Crippen molar-refractivity contribution in [3.8, 4) is 0 Å². The Labute approximate surface area is 185 Å². The summed E-state index contributed by atoms with van der Waals surface area (Å²) in [5.74, 6) is -0.362. The molecule has 0 aliphatic rings. The molecule has 0 aliphatic carbocycles. The first-order valence-electron chi connectivity index (χ1n) is 12.4. The summed E-state index contributed by atoms with van der Waals surface area (Å²) < 4.78 is 15.2. The maximum atomic E-state index is 11.6. The van der Waals surface area contributed by atoms with Gasteiger partial charge >= 0.3 is 11.9 Å². The van der Waals surface area contributed by atoms with Crippen molar-refractivity contribution in [2.45, 2.75) is 117 Å². The lowest BCUT2D eigenvalue weighted by molar-refractivity contribution is -0.155. The molecule has 5 nitrogen and oxygen atoms in total. The van der Waals surface area contributed by atoms with Gasteiger partial charge < -0.3 is 14.2 Å². The van der Waals surface area contributed by atoms with Crippen LogP contribution in [0, 0.1) is 5.92 Å². The Hall–Kier alpha value is -1.10. The molecule has 30 heavy (non-hydrogen) atoms. The second kappa shape index (κ2) is 22.6. The fraction of sp³-hybridized carbons (Fsp3) is 0.920. The molecule has 0 N–H and O–H groups in total. The van der Waals surface area contributed by atoms with Crippen molar-refractivity contribution in [1.82, 2.24) is 0 Å². The van der Waals surface area contributed by atoms with Gasteiger partial charge in [-0.2, -0.15) is 0 Å². The first kappa shape index (κ1) is 28.9. The fourth-order valence-electron chi connectivity index (χ4n) is 3.19. The van der Waals surface area contributed by atoms with Gasteiger partial charge in [-0.25, -0.2) is 9.59 Å². The Balaban J connectivity index is 3.25. The van der Waals surface area contributed by atoms with E-state index in [0.717, 1.165) is 19.3 Å². The standard InChI is InChI=1S/C25H48O5/c1-4-5-6-7-8-9-10-11-12-13-14-15-16-17-19-29-24(26)21-28-22-25(27)30-20-18-23(2)3/h23H,4-22H2,1-3H3. The lowest BCUT2D eigenvalue weighted by Gasteiger charge is -2.08. The van der Waals surface area contributed by atoms with E-state index in [4.69, 9.17) is 14.2 Å². The van der Waals surface area contributed by atoms with Crippen LogP contribution in [0.1, 0.15) is 117 Å². The number of hydrogen-bond donors (Lipinski definition) is 0. The summed E-state index contributed by atoms with van der Waals surface area (Å²) in [6, 6.07) is 0. The lowest BCUT2D eigenvalue weighted by Crippen LogP contribution is -2.19. The highest BCUT2D eigenvalue weighted by atomic mass is 16.6. The Morgan fingerprint density at radius 1 is 0.600 bits per heavy atom. The first-order valence-corrected chi connectivity index (χ1v) is 12.4. The van der Waals surface area contributed by atoms with E-state index in [1.165, 1.54) is 77.0 Å². The van der Waals surface area contributed by atoms with Gasteiger partial charge in [0.25, 0.3) is 0 Å². The van der Waals surface area contributed by atoms with Crippen LogP contribution in [-0.4, -0.2) is 38.4 Å². The second-order valence-corrected chi connectivity index (χ2v) is 8.71. The topological polar surface area (TPSA) is 61.8 Å². The molecule has 0 bridgehead atoms. The molecule has 0 radical (unpaired) electrons. The number of carbonyl (C=O) groups is 2. The van der Waals surface area contributed by atoms with Gasteiger partial charge in [-0.3, -0.25) is 0 Å². The molecule has 0 amide bonds. The van der Waals surface area contributed by atoms with E-state index in [-0.39, 0.29) is 13.2 Å². The van der Waals surface area contributed by atoms with Crippen LogP contribution in [0.3, 0.4) is 0 Å². The number of unbranched alkanes of at least 4 members (excludes halogenated alkanes) is 13. The van der Waals surface area contributed by atoms with E-state index in [0.29, 0.717) is 19.1 Å². The van der Waals surface area contributed by atoms with Crippen LogP contribution < -0.4 is 0 Å². The molecule has 0 saturated carbocycles. The average Bonchev–Trinajstić information content (AvgIpc) is 2.70. The zero-order valence-corrected chi connectivity index (χ0v) is 20.1. The number of esters is 2. The summed E-state index contributed by atoms with van der Waals surface area (Å²) in [5, 5.41) is 0. The van der Waals surface area contributed by atoms with Crippen LogP contribution in [-0.2, 0) is 23.8 Å². The molecule has 0 saturated heterocycles. The van der Waals surface area contributed by atoms with Crippen molar-refractivity contribution in [3.63, 3.8) is 0 Å². The van der Waals surface area contributed by atoms with Gasteiger partial charge in [-0.1, -0.05) is 104 Å². The van der Waals surface area contributed by atoms with Gasteiger partial charge in [0.05, 0.1) is 13.2 Å². The molecule has 0 aromatic carbocycles. The zero-order chi connectivity index (χ0) is 22.3. The van der Waals surface area contributed by atoms with Gasteiger partial charge in [-0.15, -0.1) is 0 Å². The van der Waals surface area contributed by atoms with Crippen LogP contribution in [0.25, 0.3) is 0 Å². The largest absolute Gasteiger partial charge is 0.464 e. The average molecular weight is 429 g/mol. The summed E-state index contributed by atoms with van der Waals surface area (Å²) in [6.07, 6.45) is 19.1. The maximum absolute atomic E-state index is 11.6. The number of rotatable bonds is 22. The van der Waals surface area contributed by atoms with E-state index in [9.17, 15) is 9.59 Å². The molecular weight excluding hydrogens is 380 g/mol. The summed E-state index contributed by atoms with van der Waals surface area (Å²) in [5.41, 5.74) is 0. The van der Waals surface area contributed by atoms with Crippen molar-refractivity contribution < 1.29 is 23.8 Å². The third kappa shape index (κ3) is 23.2. The summed E-state index contributed by atoms with van der Waals surface area (Å²) in [7, 11) is 0. The minimum Gasteiger partial charge on any atom is -0.464 e. The van der Waals surface area contributed by atoms with E-state index in [2.05, 4.69) is 20.8 Å². The van der Waals surface area contributed by atoms with E-state index in [1.807, 2.05) is 0 Å². The highest BCUT2D eigenvalue weighted by Gasteiger charge is 2.07. The van der Waals surface area contributed by atoms with Crippen LogP contribution in [0.5, 0.6) is 0 Å². The molecule has 0 aliphatic heterocycles. The molecule has 0 heterocycles. The zero-order valence-electron chi connectivity index (χ0n) is 20.1. The Morgan fingerprint density at radius 3 is 1.43 bits per heavy atom. The van der Waals surface area contributed by atoms with Crippen molar-refractivity contribution >= 4 is 11.9 Å².